The molecule has 2 saturated carbocycles. The summed E-state index contributed by atoms with van der Waals surface area (Å²) in [6.45, 7) is 24.9. The van der Waals surface area contributed by atoms with Crippen LogP contribution in [0.2, 0.25) is 36.3 Å². The summed E-state index contributed by atoms with van der Waals surface area (Å²) in [5.74, 6) is -4.91. The largest absolute Gasteiger partial charge is 0.456 e. The Morgan fingerprint density at radius 2 is 1.43 bits per heavy atom. The van der Waals surface area contributed by atoms with E-state index in [0.29, 0.717) is 47.4 Å². The van der Waals surface area contributed by atoms with Crippen LogP contribution in [-0.4, -0.2) is 122 Å². The van der Waals surface area contributed by atoms with Crippen molar-refractivity contribution in [3.05, 3.63) is 47.0 Å². The Bertz CT molecular complexity index is 2000. The summed E-state index contributed by atoms with van der Waals surface area (Å²) in [6.07, 6.45) is -8.78. The molecule has 1 amide bonds. The number of nitrogens with two attached hydrogens (primary N) is 1. The number of benzene rings is 1. The van der Waals surface area contributed by atoms with Crippen LogP contribution < -0.4 is 11.1 Å². The lowest BCUT2D eigenvalue weighted by Gasteiger charge is -2.65. The molecular formula is C50H82N2O14Si2. The van der Waals surface area contributed by atoms with E-state index < -0.39 is 136 Å². The number of rotatable bonds is 18. The Balaban J connectivity index is 2.08. The molecule has 1 aromatic carbocycles. The lowest BCUT2D eigenvalue weighted by Crippen LogP contribution is -2.80. The molecule has 4 rings (SSSR count). The van der Waals surface area contributed by atoms with Crippen molar-refractivity contribution in [2.24, 2.45) is 22.5 Å². The number of ether oxygens (including phenoxy) is 4. The highest BCUT2D eigenvalue weighted by molar-refractivity contribution is 6.74. The third-order valence-electron chi connectivity index (χ3n) is 16.1. The molecule has 18 heteroatoms. The first kappa shape index (κ1) is 57.1. The number of aliphatic hydroxyl groups excluding tert-OH is 2. The molecule has 0 aliphatic heterocycles. The summed E-state index contributed by atoms with van der Waals surface area (Å²) in [5.41, 5.74) is -0.392. The second-order valence-corrected chi connectivity index (χ2v) is 30.5. The fraction of sp³-hybridized carbons (Fsp3) is 0.740. The molecule has 0 unspecified atom stereocenters. The highest BCUT2D eigenvalue weighted by Crippen LogP contribution is 2.62. The summed E-state index contributed by atoms with van der Waals surface area (Å²) >= 11 is 0. The molecule has 2 bridgehead atoms. The van der Waals surface area contributed by atoms with Gasteiger partial charge in [0.15, 0.2) is 40.2 Å². The maximum Gasteiger partial charge on any atom is 0.408 e. The van der Waals surface area contributed by atoms with Crippen molar-refractivity contribution in [1.29, 1.82) is 0 Å². The molecule has 0 saturated heterocycles. The van der Waals surface area contributed by atoms with E-state index in [0.717, 1.165) is 13.8 Å². The number of Topliss-reactive ketones (excluding diaryl/α,β-unsaturated/α-hetero) is 1. The van der Waals surface area contributed by atoms with Gasteiger partial charge in [0.25, 0.3) is 0 Å². The van der Waals surface area contributed by atoms with Crippen molar-refractivity contribution >= 4 is 46.4 Å². The summed E-state index contributed by atoms with van der Waals surface area (Å²) in [5, 5.41) is 40.3. The van der Waals surface area contributed by atoms with Gasteiger partial charge in [0.2, 0.25) is 0 Å². The number of amides is 1. The third kappa shape index (κ3) is 10.6. The molecule has 0 spiro atoms. The van der Waals surface area contributed by atoms with Crippen LogP contribution in [0, 0.1) is 16.7 Å². The van der Waals surface area contributed by atoms with E-state index in [-0.39, 0.29) is 12.0 Å². The van der Waals surface area contributed by atoms with Gasteiger partial charge in [0.1, 0.15) is 11.7 Å². The van der Waals surface area contributed by atoms with Gasteiger partial charge in [-0.15, -0.1) is 0 Å². The minimum Gasteiger partial charge on any atom is -0.456 e. The third-order valence-corrected chi connectivity index (χ3v) is 25.3. The monoisotopic (exact) mass is 991 g/mol. The first-order chi connectivity index (χ1) is 31.5. The van der Waals surface area contributed by atoms with E-state index in [2.05, 4.69) is 5.32 Å². The Morgan fingerprint density at radius 1 is 0.882 bits per heavy atom. The number of aliphatic hydroxyl groups is 3. The molecule has 3 aliphatic rings. The van der Waals surface area contributed by atoms with E-state index in [1.165, 1.54) is 0 Å². The lowest BCUT2D eigenvalue weighted by molar-refractivity contribution is -0.263. The van der Waals surface area contributed by atoms with E-state index >= 15 is 9.59 Å². The fourth-order valence-electron chi connectivity index (χ4n) is 11.6. The number of nitrogens with one attached hydrogen (secondary N) is 1. The zero-order valence-electron chi connectivity index (χ0n) is 43.3. The number of fused-ring (bicyclic) bond motifs is 3. The van der Waals surface area contributed by atoms with Crippen molar-refractivity contribution in [2.45, 2.75) is 212 Å². The van der Waals surface area contributed by atoms with Gasteiger partial charge in [-0.05, 0) is 87.6 Å². The number of ketones is 1. The summed E-state index contributed by atoms with van der Waals surface area (Å²) in [7, 11) is -5.37. The lowest BCUT2D eigenvalue weighted by atomic mass is 9.45. The molecule has 0 radical (unpaired) electrons. The SMILES string of the molecule is CC[Si](CC)(CC)O[C@H]1C[C@H](O)[C@](CO)(OC(C)=O)[C@H]2[C@H](N)[C@]3(O)C[C@H](OC(=O)[C@H](O[Si](CC)(CC)CC)[C@@H](NC(=O)OC(C)(C)C)c4ccccc4)C(C)=C([C@@H](OC(C)=O)C(=O)[C@]12C)C3(C)C. The van der Waals surface area contributed by atoms with E-state index in [4.69, 9.17) is 33.5 Å². The molecule has 2 fully saturated rings. The maximum absolute atomic E-state index is 16.1. The van der Waals surface area contributed by atoms with Crippen LogP contribution in [-0.2, 0) is 47.0 Å². The predicted molar refractivity (Wildman–Crippen MR) is 261 cm³/mol. The van der Waals surface area contributed by atoms with Crippen LogP contribution in [0.5, 0.6) is 0 Å². The molecule has 1 aromatic rings. The zero-order chi connectivity index (χ0) is 51.6. The van der Waals surface area contributed by atoms with E-state index in [1.807, 2.05) is 41.5 Å². The second kappa shape index (κ2) is 21.5. The normalized spacial score (nSPS) is 30.5. The van der Waals surface area contributed by atoms with Gasteiger partial charge in [0, 0.05) is 44.1 Å². The number of hydrogen-bond donors (Lipinski definition) is 5. The number of alkyl carbamates (subject to hydrolysis) is 1. The standard InChI is InChI=1S/C50H82N2O14Si2/c1-16-67(17-2,18-3)65-36-27-35(56)49(29-53,63-32(9)55)41-42(51)50(60)28-34(30(7)37(47(50,13)14)39(61-31(8)54)43(57)48(36,41)15)62-44(58)40(66-68(19-4,20-5)21-6)38(33-25-23-22-24-26-33)52-45(59)64-46(10,11)12/h22-26,34-36,38-42,53,56,60H,16-21,27-29,51H2,1-15H3,(H,52,59)/t34-,35-,36-,38-,39+,40+,41-,42-,48+,49-,50+/m0/s1. The highest BCUT2D eigenvalue weighted by Gasteiger charge is 2.75. The van der Waals surface area contributed by atoms with E-state index in [1.54, 1.807) is 78.8 Å². The van der Waals surface area contributed by atoms with Gasteiger partial charge in [-0.2, -0.15) is 0 Å². The molecular weight excluding hydrogens is 909 g/mol. The quantitative estimate of drug-likeness (QED) is 0.0433. The van der Waals surface area contributed by atoms with E-state index in [9.17, 15) is 29.7 Å². The van der Waals surface area contributed by atoms with Crippen molar-refractivity contribution in [1.82, 2.24) is 5.32 Å². The first-order valence-electron chi connectivity index (χ1n) is 24.5. The van der Waals surface area contributed by atoms with Gasteiger partial charge in [-0.3, -0.25) is 14.4 Å². The Hall–Kier alpha value is -3.50. The minimum atomic E-state index is -2.72. The first-order valence-corrected chi connectivity index (χ1v) is 29.6. The minimum absolute atomic E-state index is 0.139. The number of carbonyl (C=O) groups is 5. The summed E-state index contributed by atoms with van der Waals surface area (Å²) in [6, 6.07) is 9.94. The van der Waals surface area contributed by atoms with Crippen LogP contribution in [0.1, 0.15) is 128 Å². The van der Waals surface area contributed by atoms with Crippen molar-refractivity contribution in [2.75, 3.05) is 6.61 Å². The molecule has 0 aromatic heterocycles. The molecule has 6 N–H and O–H groups in total. The Labute approximate surface area is 406 Å². The Morgan fingerprint density at radius 3 is 1.90 bits per heavy atom. The molecule has 68 heavy (non-hydrogen) atoms. The van der Waals surface area contributed by atoms with Gasteiger partial charge in [-0.25, -0.2) is 9.59 Å². The molecule has 3 aliphatic carbocycles. The molecule has 0 heterocycles. The van der Waals surface area contributed by atoms with Gasteiger partial charge in [0.05, 0.1) is 35.9 Å². The maximum atomic E-state index is 16.1. The smallest absolute Gasteiger partial charge is 0.408 e. The predicted octanol–water partition coefficient (Wildman–Crippen LogP) is 6.95. The topological polar surface area (TPSA) is 239 Å². The van der Waals surface area contributed by atoms with Crippen LogP contribution in [0.4, 0.5) is 4.79 Å². The van der Waals surface area contributed by atoms with Crippen molar-refractivity contribution in [3.63, 3.8) is 0 Å². The van der Waals surface area contributed by atoms with Gasteiger partial charge >= 0.3 is 24.0 Å². The van der Waals surface area contributed by atoms with Crippen LogP contribution in [0.15, 0.2) is 41.5 Å². The molecule has 384 valence electrons. The van der Waals surface area contributed by atoms with Gasteiger partial charge in [-0.1, -0.05) is 85.7 Å². The number of carbonyl (C=O) groups excluding carboxylic acids is 5. The van der Waals surface area contributed by atoms with Crippen molar-refractivity contribution in [3.8, 4) is 0 Å². The van der Waals surface area contributed by atoms with Gasteiger partial charge < -0.3 is 54.2 Å². The fourth-order valence-corrected chi connectivity index (χ4v) is 17.3. The Kier molecular flexibility index (Phi) is 18.0. The molecule has 11 atom stereocenters. The number of hydrogen-bond acceptors (Lipinski definition) is 15. The average Bonchev–Trinajstić information content (AvgIpc) is 3.27. The molecule has 16 nitrogen and oxygen atoms in total. The van der Waals surface area contributed by atoms with Crippen LogP contribution >= 0.6 is 0 Å². The highest BCUT2D eigenvalue weighted by atomic mass is 28.4. The summed E-state index contributed by atoms with van der Waals surface area (Å²) < 4.78 is 38.4. The second-order valence-electron chi connectivity index (χ2n) is 21.0. The van der Waals surface area contributed by atoms with Crippen molar-refractivity contribution < 1.29 is 67.1 Å². The van der Waals surface area contributed by atoms with Crippen LogP contribution in [0.3, 0.4) is 0 Å². The average molecular weight is 991 g/mol. The summed E-state index contributed by atoms with van der Waals surface area (Å²) in [4.78, 5) is 71.5. The number of esters is 3. The van der Waals surface area contributed by atoms with Crippen LogP contribution in [0.25, 0.3) is 0 Å². The zero-order valence-corrected chi connectivity index (χ0v) is 45.3.